The summed E-state index contributed by atoms with van der Waals surface area (Å²) in [6.45, 7) is 0. The highest BCUT2D eigenvalue weighted by atomic mass is 16.5. The Bertz CT molecular complexity index is 1160. The van der Waals surface area contributed by atoms with Gasteiger partial charge in [0.05, 0.1) is 13.4 Å². The molecule has 25 heavy (non-hydrogen) atoms. The molecule has 2 aromatic heterocycles. The summed E-state index contributed by atoms with van der Waals surface area (Å²) in [6, 6.07) is 11.8. The molecule has 4 aromatic rings. The number of rotatable bonds is 2. The van der Waals surface area contributed by atoms with E-state index >= 15 is 0 Å². The van der Waals surface area contributed by atoms with Crippen LogP contribution in [0.15, 0.2) is 56.3 Å². The monoisotopic (exact) mass is 332 g/mol. The van der Waals surface area contributed by atoms with Crippen molar-refractivity contribution in [3.8, 4) is 16.9 Å². The number of methoxy groups -OCH3 is 1. The number of benzene rings is 2. The SMILES string of the molecule is COc1ccc(-c2coc3cc4oc(=O)c5c(c4cc23)CCC5)cc1. The summed E-state index contributed by atoms with van der Waals surface area (Å²) in [5.41, 5.74) is 5.18. The number of hydrogen-bond donors (Lipinski definition) is 0. The van der Waals surface area contributed by atoms with E-state index in [0.29, 0.717) is 5.58 Å². The summed E-state index contributed by atoms with van der Waals surface area (Å²) < 4.78 is 16.5. The van der Waals surface area contributed by atoms with Gasteiger partial charge in [-0.15, -0.1) is 0 Å². The highest BCUT2D eigenvalue weighted by Gasteiger charge is 2.21. The second-order valence-corrected chi connectivity index (χ2v) is 6.42. The van der Waals surface area contributed by atoms with Gasteiger partial charge in [0.2, 0.25) is 0 Å². The van der Waals surface area contributed by atoms with E-state index < -0.39 is 0 Å². The van der Waals surface area contributed by atoms with E-state index in [4.69, 9.17) is 13.6 Å². The lowest BCUT2D eigenvalue weighted by Gasteiger charge is -2.05. The lowest BCUT2D eigenvalue weighted by molar-refractivity contribution is 0.415. The van der Waals surface area contributed by atoms with Crippen molar-refractivity contribution in [2.75, 3.05) is 7.11 Å². The van der Waals surface area contributed by atoms with Gasteiger partial charge in [0.25, 0.3) is 0 Å². The molecule has 0 fully saturated rings. The fourth-order valence-corrected chi connectivity index (χ4v) is 3.80. The normalized spacial score (nSPS) is 13.5. The smallest absolute Gasteiger partial charge is 0.339 e. The molecule has 0 spiro atoms. The van der Waals surface area contributed by atoms with Gasteiger partial charge < -0.3 is 13.6 Å². The predicted octanol–water partition coefficient (Wildman–Crippen LogP) is 4.70. The van der Waals surface area contributed by atoms with Gasteiger partial charge in [-0.25, -0.2) is 4.79 Å². The molecule has 0 bridgehead atoms. The first-order valence-electron chi connectivity index (χ1n) is 8.39. The second kappa shape index (κ2) is 5.24. The maximum absolute atomic E-state index is 12.1. The average Bonchev–Trinajstić information content (AvgIpc) is 3.28. The zero-order valence-corrected chi connectivity index (χ0v) is 13.8. The number of aryl methyl sites for hydroxylation is 1. The summed E-state index contributed by atoms with van der Waals surface area (Å²) in [5, 5.41) is 2.05. The Kier molecular flexibility index (Phi) is 3.01. The van der Waals surface area contributed by atoms with E-state index in [1.807, 2.05) is 30.3 Å². The highest BCUT2D eigenvalue weighted by Crippen LogP contribution is 2.36. The molecule has 0 saturated heterocycles. The Hall–Kier alpha value is -3.01. The molecule has 1 aliphatic carbocycles. The van der Waals surface area contributed by atoms with Crippen LogP contribution in [0.1, 0.15) is 17.5 Å². The van der Waals surface area contributed by atoms with Gasteiger partial charge in [-0.3, -0.25) is 0 Å². The van der Waals surface area contributed by atoms with Gasteiger partial charge in [-0.1, -0.05) is 12.1 Å². The molecular weight excluding hydrogens is 316 g/mol. The molecule has 0 radical (unpaired) electrons. The maximum Gasteiger partial charge on any atom is 0.339 e. The van der Waals surface area contributed by atoms with Gasteiger partial charge in [0.15, 0.2) is 0 Å². The average molecular weight is 332 g/mol. The fourth-order valence-electron chi connectivity index (χ4n) is 3.80. The Balaban J connectivity index is 1.77. The molecule has 0 saturated carbocycles. The number of hydrogen-bond acceptors (Lipinski definition) is 4. The molecule has 4 nitrogen and oxygen atoms in total. The summed E-state index contributed by atoms with van der Waals surface area (Å²) in [4.78, 5) is 12.1. The third kappa shape index (κ3) is 2.10. The second-order valence-electron chi connectivity index (χ2n) is 6.42. The molecule has 0 aliphatic heterocycles. The highest BCUT2D eigenvalue weighted by molar-refractivity contribution is 6.02. The van der Waals surface area contributed by atoms with Crippen molar-refractivity contribution >= 4 is 21.9 Å². The summed E-state index contributed by atoms with van der Waals surface area (Å²) in [6.07, 6.45) is 4.50. The van der Waals surface area contributed by atoms with E-state index in [1.54, 1.807) is 13.4 Å². The summed E-state index contributed by atoms with van der Waals surface area (Å²) in [5.74, 6) is 0.821. The van der Waals surface area contributed by atoms with Crippen LogP contribution in [0.4, 0.5) is 0 Å². The zero-order valence-electron chi connectivity index (χ0n) is 13.8. The Morgan fingerprint density at radius 1 is 0.960 bits per heavy atom. The third-order valence-electron chi connectivity index (χ3n) is 5.07. The molecule has 2 aromatic carbocycles. The molecule has 0 unspecified atom stereocenters. The quantitative estimate of drug-likeness (QED) is 0.499. The van der Waals surface area contributed by atoms with E-state index in [-0.39, 0.29) is 5.63 Å². The largest absolute Gasteiger partial charge is 0.497 e. The molecule has 4 heteroatoms. The van der Waals surface area contributed by atoms with Crippen molar-refractivity contribution in [2.24, 2.45) is 0 Å². The Morgan fingerprint density at radius 3 is 2.56 bits per heavy atom. The zero-order chi connectivity index (χ0) is 17.0. The van der Waals surface area contributed by atoms with Gasteiger partial charge >= 0.3 is 5.63 Å². The van der Waals surface area contributed by atoms with Crippen LogP contribution in [-0.2, 0) is 12.8 Å². The topological polar surface area (TPSA) is 52.6 Å². The first-order chi connectivity index (χ1) is 12.2. The number of furan rings is 1. The first-order valence-corrected chi connectivity index (χ1v) is 8.39. The van der Waals surface area contributed by atoms with Crippen LogP contribution in [0, 0.1) is 0 Å². The molecule has 0 N–H and O–H groups in total. The first kappa shape index (κ1) is 14.3. The lowest BCUT2D eigenvalue weighted by Crippen LogP contribution is -2.06. The van der Waals surface area contributed by atoms with E-state index in [2.05, 4.69) is 6.07 Å². The lowest BCUT2D eigenvalue weighted by atomic mass is 10.0. The molecular formula is C21H16O4. The minimum Gasteiger partial charge on any atom is -0.497 e. The third-order valence-corrected chi connectivity index (χ3v) is 5.07. The van der Waals surface area contributed by atoms with Crippen LogP contribution in [0.5, 0.6) is 5.75 Å². The van der Waals surface area contributed by atoms with Crippen molar-refractivity contribution in [1.29, 1.82) is 0 Å². The minimum atomic E-state index is -0.207. The van der Waals surface area contributed by atoms with E-state index in [9.17, 15) is 4.79 Å². The van der Waals surface area contributed by atoms with Crippen molar-refractivity contribution in [2.45, 2.75) is 19.3 Å². The van der Waals surface area contributed by atoms with Crippen LogP contribution in [0.25, 0.3) is 33.1 Å². The maximum atomic E-state index is 12.1. The van der Waals surface area contributed by atoms with Gasteiger partial charge in [0.1, 0.15) is 16.9 Å². The van der Waals surface area contributed by atoms with Crippen LogP contribution in [0.2, 0.25) is 0 Å². The molecule has 0 amide bonds. The van der Waals surface area contributed by atoms with E-state index in [1.165, 1.54) is 0 Å². The van der Waals surface area contributed by atoms with Crippen LogP contribution in [0.3, 0.4) is 0 Å². The summed E-state index contributed by atoms with van der Waals surface area (Å²) in [7, 11) is 1.66. The standard InChI is InChI=1S/C21H16O4/c1-23-13-7-5-12(6-8-13)18-11-24-19-10-20-16(9-17(18)19)14-3-2-4-15(14)21(22)25-20/h5-11H,2-4H2,1H3. The van der Waals surface area contributed by atoms with Crippen LogP contribution < -0.4 is 10.4 Å². The Morgan fingerprint density at radius 2 is 1.76 bits per heavy atom. The van der Waals surface area contributed by atoms with Crippen molar-refractivity contribution < 1.29 is 13.6 Å². The number of fused-ring (bicyclic) bond motifs is 4. The molecule has 2 heterocycles. The van der Waals surface area contributed by atoms with Crippen LogP contribution in [-0.4, -0.2) is 7.11 Å². The van der Waals surface area contributed by atoms with Gasteiger partial charge in [0, 0.05) is 28.0 Å². The Labute approximate surface area is 143 Å². The van der Waals surface area contributed by atoms with Crippen molar-refractivity contribution in [3.05, 3.63) is 64.2 Å². The number of ether oxygens (including phenoxy) is 1. The van der Waals surface area contributed by atoms with Crippen molar-refractivity contribution in [3.63, 3.8) is 0 Å². The molecule has 1 aliphatic rings. The molecule has 124 valence electrons. The molecule has 5 rings (SSSR count). The fraction of sp³-hybridized carbons (Fsp3) is 0.190. The minimum absolute atomic E-state index is 0.207. The van der Waals surface area contributed by atoms with Crippen LogP contribution >= 0.6 is 0 Å². The molecule has 0 atom stereocenters. The van der Waals surface area contributed by atoms with Gasteiger partial charge in [-0.2, -0.15) is 0 Å². The van der Waals surface area contributed by atoms with E-state index in [0.717, 1.165) is 63.6 Å². The van der Waals surface area contributed by atoms with Crippen molar-refractivity contribution in [1.82, 2.24) is 0 Å². The predicted molar refractivity (Wildman–Crippen MR) is 96.3 cm³/mol. The summed E-state index contributed by atoms with van der Waals surface area (Å²) >= 11 is 0. The van der Waals surface area contributed by atoms with Gasteiger partial charge in [-0.05, 0) is 48.6 Å².